The Kier molecular flexibility index (Phi) is 5.13. The van der Waals surface area contributed by atoms with E-state index in [1.165, 1.54) is 0 Å². The first kappa shape index (κ1) is 18.6. The number of hydrogen-bond acceptors (Lipinski definition) is 4. The number of amides is 1. The van der Waals surface area contributed by atoms with Gasteiger partial charge in [0.05, 0.1) is 23.4 Å². The normalized spacial score (nSPS) is 20.0. The van der Waals surface area contributed by atoms with Gasteiger partial charge in [-0.3, -0.25) is 14.5 Å². The van der Waals surface area contributed by atoms with E-state index in [-0.39, 0.29) is 24.0 Å². The maximum absolute atomic E-state index is 13.0. The molecule has 1 atom stereocenters. The first-order valence-electron chi connectivity index (χ1n) is 9.91. The van der Waals surface area contributed by atoms with E-state index in [1.807, 2.05) is 36.5 Å². The highest BCUT2D eigenvalue weighted by atomic mass is 16.3. The lowest BCUT2D eigenvalue weighted by Gasteiger charge is -2.38. The van der Waals surface area contributed by atoms with Gasteiger partial charge in [0.2, 0.25) is 0 Å². The summed E-state index contributed by atoms with van der Waals surface area (Å²) in [7, 11) is 1.80. The molecule has 0 radical (unpaired) electrons. The summed E-state index contributed by atoms with van der Waals surface area (Å²) in [5.74, 6) is 0.0575. The van der Waals surface area contributed by atoms with Gasteiger partial charge in [-0.05, 0) is 48.9 Å². The SMILES string of the molecule is CCCc1cc(C(=O)N[C@@H](c2cnc3ccccc3c2)C2CC(O)C2)n(C)n1. The van der Waals surface area contributed by atoms with E-state index in [1.54, 1.807) is 11.7 Å². The van der Waals surface area contributed by atoms with Gasteiger partial charge in [-0.2, -0.15) is 5.10 Å². The van der Waals surface area contributed by atoms with Crippen LogP contribution in [0.3, 0.4) is 0 Å². The predicted octanol–water partition coefficient (Wildman–Crippen LogP) is 3.16. The van der Waals surface area contributed by atoms with Gasteiger partial charge in [-0.25, -0.2) is 0 Å². The molecular formula is C22H26N4O2. The van der Waals surface area contributed by atoms with Crippen LogP contribution in [-0.2, 0) is 13.5 Å². The predicted molar refractivity (Wildman–Crippen MR) is 108 cm³/mol. The minimum absolute atomic E-state index is 0.142. The van der Waals surface area contributed by atoms with E-state index in [0.29, 0.717) is 18.5 Å². The summed E-state index contributed by atoms with van der Waals surface area (Å²) in [6.45, 7) is 2.10. The molecule has 2 N–H and O–H groups in total. The van der Waals surface area contributed by atoms with Gasteiger partial charge in [0.1, 0.15) is 5.69 Å². The quantitative estimate of drug-likeness (QED) is 0.690. The van der Waals surface area contributed by atoms with Crippen LogP contribution in [0.4, 0.5) is 0 Å². The molecule has 28 heavy (non-hydrogen) atoms. The summed E-state index contributed by atoms with van der Waals surface area (Å²) in [4.78, 5) is 17.6. The third-order valence-corrected chi connectivity index (χ3v) is 5.55. The van der Waals surface area contributed by atoms with Gasteiger partial charge < -0.3 is 10.4 Å². The number of nitrogens with one attached hydrogen (secondary N) is 1. The molecule has 4 rings (SSSR count). The van der Waals surface area contributed by atoms with E-state index in [2.05, 4.69) is 28.4 Å². The van der Waals surface area contributed by atoms with Crippen molar-refractivity contribution in [2.24, 2.45) is 13.0 Å². The molecule has 3 aromatic rings. The summed E-state index contributed by atoms with van der Waals surface area (Å²) in [5.41, 5.74) is 3.39. The Bertz CT molecular complexity index is 991. The number of aliphatic hydroxyl groups excluding tert-OH is 1. The van der Waals surface area contributed by atoms with Crippen LogP contribution >= 0.6 is 0 Å². The Balaban J connectivity index is 1.62. The lowest BCUT2D eigenvalue weighted by Crippen LogP contribution is -2.41. The Labute approximate surface area is 164 Å². The van der Waals surface area contributed by atoms with Gasteiger partial charge in [-0.15, -0.1) is 0 Å². The highest BCUT2D eigenvalue weighted by molar-refractivity contribution is 5.93. The van der Waals surface area contributed by atoms with Gasteiger partial charge >= 0.3 is 0 Å². The number of hydrogen-bond donors (Lipinski definition) is 2. The summed E-state index contributed by atoms with van der Waals surface area (Å²) in [5, 5.41) is 18.5. The lowest BCUT2D eigenvalue weighted by molar-refractivity contribution is 0.0234. The van der Waals surface area contributed by atoms with E-state index in [9.17, 15) is 9.90 Å². The molecule has 6 heteroatoms. The topological polar surface area (TPSA) is 80.0 Å². The number of para-hydroxylation sites is 1. The van der Waals surface area contributed by atoms with Crippen molar-refractivity contribution in [3.05, 3.63) is 59.5 Å². The van der Waals surface area contributed by atoms with E-state index in [4.69, 9.17) is 0 Å². The van der Waals surface area contributed by atoms with Gasteiger partial charge in [0, 0.05) is 18.6 Å². The molecule has 0 spiro atoms. The summed E-state index contributed by atoms with van der Waals surface area (Å²) in [6.07, 6.45) is 4.76. The molecule has 6 nitrogen and oxygen atoms in total. The van der Waals surface area contributed by atoms with Crippen molar-refractivity contribution in [1.82, 2.24) is 20.1 Å². The molecule has 1 saturated carbocycles. The Hall–Kier alpha value is -2.73. The van der Waals surface area contributed by atoms with Crippen LogP contribution in [-0.4, -0.2) is 31.9 Å². The smallest absolute Gasteiger partial charge is 0.270 e. The number of benzene rings is 1. The van der Waals surface area contributed by atoms with E-state index < -0.39 is 0 Å². The molecule has 2 heterocycles. The van der Waals surface area contributed by atoms with E-state index >= 15 is 0 Å². The standard InChI is InChI=1S/C22H26N4O2/c1-3-6-17-12-20(26(2)25-17)22(28)24-21(15-10-18(27)11-15)16-9-14-7-4-5-8-19(14)23-13-16/h4-5,7-9,12-13,15,18,21,27H,3,6,10-11H2,1-2H3,(H,24,28)/t15?,18?,21-/m1/s1. The lowest BCUT2D eigenvalue weighted by atomic mass is 9.75. The summed E-state index contributed by atoms with van der Waals surface area (Å²) in [6, 6.07) is 11.7. The van der Waals surface area contributed by atoms with Crippen molar-refractivity contribution in [3.8, 4) is 0 Å². The van der Waals surface area contributed by atoms with Gasteiger partial charge in [0.25, 0.3) is 5.91 Å². The number of rotatable bonds is 6. The van der Waals surface area contributed by atoms with E-state index in [0.717, 1.165) is 35.0 Å². The second-order valence-electron chi connectivity index (χ2n) is 7.69. The zero-order valence-electron chi connectivity index (χ0n) is 16.3. The van der Waals surface area contributed by atoms with Crippen LogP contribution in [0.5, 0.6) is 0 Å². The molecule has 0 bridgehead atoms. The Morgan fingerprint density at radius 2 is 2.11 bits per heavy atom. The second kappa shape index (κ2) is 7.72. The fourth-order valence-corrected chi connectivity index (χ4v) is 3.97. The van der Waals surface area contributed by atoms with Crippen LogP contribution in [0.1, 0.15) is 54.0 Å². The minimum Gasteiger partial charge on any atom is -0.393 e. The minimum atomic E-state index is -0.286. The zero-order chi connectivity index (χ0) is 19.7. The van der Waals surface area contributed by atoms with Crippen LogP contribution in [0, 0.1) is 5.92 Å². The number of carbonyl (C=O) groups excluding carboxylic acids is 1. The van der Waals surface area contributed by atoms with Crippen LogP contribution in [0.25, 0.3) is 10.9 Å². The van der Waals surface area contributed by atoms with Gasteiger partial charge in [0.15, 0.2) is 0 Å². The van der Waals surface area contributed by atoms with Gasteiger partial charge in [-0.1, -0.05) is 31.5 Å². The summed E-state index contributed by atoms with van der Waals surface area (Å²) < 4.78 is 1.64. The number of nitrogens with zero attached hydrogens (tertiary/aromatic N) is 3. The number of pyridine rings is 1. The average molecular weight is 378 g/mol. The molecule has 0 saturated heterocycles. The maximum atomic E-state index is 13.0. The summed E-state index contributed by atoms with van der Waals surface area (Å²) >= 11 is 0. The van der Waals surface area contributed by atoms with Crippen molar-refractivity contribution >= 4 is 16.8 Å². The molecule has 1 fully saturated rings. The van der Waals surface area contributed by atoms with Crippen LogP contribution < -0.4 is 5.32 Å². The largest absolute Gasteiger partial charge is 0.393 e. The molecule has 0 aliphatic heterocycles. The fourth-order valence-electron chi connectivity index (χ4n) is 3.97. The molecule has 1 amide bonds. The second-order valence-corrected chi connectivity index (χ2v) is 7.69. The zero-order valence-corrected chi connectivity index (χ0v) is 16.3. The first-order valence-corrected chi connectivity index (χ1v) is 9.91. The number of aliphatic hydroxyl groups is 1. The fraction of sp³-hybridized carbons (Fsp3) is 0.409. The average Bonchev–Trinajstić information content (AvgIpc) is 3.04. The Morgan fingerprint density at radius 3 is 2.86 bits per heavy atom. The first-order chi connectivity index (χ1) is 13.5. The molecule has 0 unspecified atom stereocenters. The Morgan fingerprint density at radius 1 is 1.32 bits per heavy atom. The van der Waals surface area contributed by atoms with Crippen LogP contribution in [0.2, 0.25) is 0 Å². The molecule has 2 aromatic heterocycles. The number of aryl methyl sites for hydroxylation is 2. The van der Waals surface area contributed by atoms with Crippen molar-refractivity contribution < 1.29 is 9.90 Å². The molecule has 1 aromatic carbocycles. The number of carbonyl (C=O) groups is 1. The highest BCUT2D eigenvalue weighted by Gasteiger charge is 2.36. The van der Waals surface area contributed by atoms with Crippen molar-refractivity contribution in [1.29, 1.82) is 0 Å². The third kappa shape index (κ3) is 3.64. The van der Waals surface area contributed by atoms with Crippen molar-refractivity contribution in [2.45, 2.75) is 44.8 Å². The molecular weight excluding hydrogens is 352 g/mol. The number of aromatic nitrogens is 3. The van der Waals surface area contributed by atoms with Crippen LogP contribution in [0.15, 0.2) is 42.6 Å². The monoisotopic (exact) mass is 378 g/mol. The highest BCUT2D eigenvalue weighted by Crippen LogP contribution is 2.38. The third-order valence-electron chi connectivity index (χ3n) is 5.55. The van der Waals surface area contributed by atoms with Crippen molar-refractivity contribution in [3.63, 3.8) is 0 Å². The van der Waals surface area contributed by atoms with Crippen molar-refractivity contribution in [2.75, 3.05) is 0 Å². The molecule has 1 aliphatic carbocycles. The maximum Gasteiger partial charge on any atom is 0.270 e. The molecule has 1 aliphatic rings. The number of fused-ring (bicyclic) bond motifs is 1. The molecule has 146 valence electrons.